The SMILES string of the molecule is CCOOC(CC(C)Cl)C1OC1C. The third kappa shape index (κ3) is 3.81. The van der Waals surface area contributed by atoms with Crippen LogP contribution < -0.4 is 0 Å². The van der Waals surface area contributed by atoms with Crippen LogP contribution in [0.5, 0.6) is 0 Å². The maximum atomic E-state index is 5.88. The summed E-state index contributed by atoms with van der Waals surface area (Å²) < 4.78 is 5.31. The lowest BCUT2D eigenvalue weighted by molar-refractivity contribution is -0.325. The lowest BCUT2D eigenvalue weighted by Gasteiger charge is -2.14. The van der Waals surface area contributed by atoms with E-state index in [9.17, 15) is 0 Å². The van der Waals surface area contributed by atoms with Gasteiger partial charge in [0, 0.05) is 5.38 Å². The van der Waals surface area contributed by atoms with Gasteiger partial charge in [-0.05, 0) is 27.2 Å². The molecule has 0 aliphatic carbocycles. The molecular formula is C9H17ClO3. The van der Waals surface area contributed by atoms with E-state index < -0.39 is 0 Å². The minimum absolute atomic E-state index is 0.0255. The molecule has 1 saturated heterocycles. The highest BCUT2D eigenvalue weighted by Crippen LogP contribution is 2.29. The Bertz CT molecular complexity index is 152. The van der Waals surface area contributed by atoms with Crippen LogP contribution in [0.3, 0.4) is 0 Å². The van der Waals surface area contributed by atoms with Crippen LogP contribution in [0.2, 0.25) is 0 Å². The molecule has 0 radical (unpaired) electrons. The van der Waals surface area contributed by atoms with E-state index in [1.165, 1.54) is 0 Å². The molecule has 3 nitrogen and oxygen atoms in total. The maximum absolute atomic E-state index is 5.88. The number of halogens is 1. The fraction of sp³-hybridized carbons (Fsp3) is 1.00. The number of hydrogen-bond acceptors (Lipinski definition) is 3. The van der Waals surface area contributed by atoms with E-state index in [2.05, 4.69) is 0 Å². The van der Waals surface area contributed by atoms with Crippen molar-refractivity contribution in [2.24, 2.45) is 0 Å². The van der Waals surface area contributed by atoms with Crippen LogP contribution >= 0.6 is 11.6 Å². The van der Waals surface area contributed by atoms with E-state index in [0.29, 0.717) is 6.61 Å². The predicted molar refractivity (Wildman–Crippen MR) is 50.8 cm³/mol. The topological polar surface area (TPSA) is 31.0 Å². The number of ether oxygens (including phenoxy) is 1. The second-order valence-corrected chi connectivity index (χ2v) is 4.11. The fourth-order valence-corrected chi connectivity index (χ4v) is 1.47. The van der Waals surface area contributed by atoms with Crippen molar-refractivity contribution in [3.63, 3.8) is 0 Å². The van der Waals surface area contributed by atoms with Gasteiger partial charge in [0.25, 0.3) is 0 Å². The summed E-state index contributed by atoms with van der Waals surface area (Å²) in [6.45, 7) is 6.40. The lowest BCUT2D eigenvalue weighted by atomic mass is 10.1. The molecular weight excluding hydrogens is 192 g/mol. The molecule has 0 amide bonds. The van der Waals surface area contributed by atoms with Gasteiger partial charge >= 0.3 is 0 Å². The van der Waals surface area contributed by atoms with Crippen LogP contribution in [-0.2, 0) is 14.5 Å². The van der Waals surface area contributed by atoms with E-state index in [1.54, 1.807) is 0 Å². The van der Waals surface area contributed by atoms with E-state index in [0.717, 1.165) is 6.42 Å². The molecule has 13 heavy (non-hydrogen) atoms. The summed E-state index contributed by atoms with van der Waals surface area (Å²) in [5.74, 6) is 0. The number of epoxide rings is 1. The van der Waals surface area contributed by atoms with Crippen molar-refractivity contribution in [3.05, 3.63) is 0 Å². The molecule has 0 aromatic carbocycles. The summed E-state index contributed by atoms with van der Waals surface area (Å²) in [6, 6.07) is 0. The summed E-state index contributed by atoms with van der Waals surface area (Å²) in [6.07, 6.45) is 1.17. The first kappa shape index (κ1) is 11.2. The van der Waals surface area contributed by atoms with Crippen LogP contribution in [0.4, 0.5) is 0 Å². The fourth-order valence-electron chi connectivity index (χ4n) is 1.30. The zero-order valence-corrected chi connectivity index (χ0v) is 9.08. The van der Waals surface area contributed by atoms with Gasteiger partial charge in [-0.15, -0.1) is 11.6 Å². The molecule has 1 aliphatic heterocycles. The van der Waals surface area contributed by atoms with Crippen LogP contribution in [-0.4, -0.2) is 30.3 Å². The highest BCUT2D eigenvalue weighted by molar-refractivity contribution is 6.20. The van der Waals surface area contributed by atoms with Crippen molar-refractivity contribution in [1.82, 2.24) is 0 Å². The first-order valence-electron chi connectivity index (χ1n) is 4.73. The molecule has 0 spiro atoms. The van der Waals surface area contributed by atoms with Crippen LogP contribution in [0.15, 0.2) is 0 Å². The zero-order valence-electron chi connectivity index (χ0n) is 8.33. The van der Waals surface area contributed by atoms with Gasteiger partial charge < -0.3 is 4.74 Å². The van der Waals surface area contributed by atoms with Crippen molar-refractivity contribution >= 4 is 11.6 Å². The Morgan fingerprint density at radius 2 is 2.15 bits per heavy atom. The van der Waals surface area contributed by atoms with Gasteiger partial charge in [-0.2, -0.15) is 0 Å². The highest BCUT2D eigenvalue weighted by Gasteiger charge is 2.43. The molecule has 4 heteroatoms. The van der Waals surface area contributed by atoms with Gasteiger partial charge in [0.15, 0.2) is 0 Å². The molecule has 0 aromatic rings. The second-order valence-electron chi connectivity index (χ2n) is 3.36. The van der Waals surface area contributed by atoms with Crippen LogP contribution in [0.25, 0.3) is 0 Å². The molecule has 4 unspecified atom stereocenters. The highest BCUT2D eigenvalue weighted by atomic mass is 35.5. The summed E-state index contributed by atoms with van der Waals surface area (Å²) in [4.78, 5) is 10.1. The van der Waals surface area contributed by atoms with Gasteiger partial charge in [0.05, 0.1) is 12.7 Å². The van der Waals surface area contributed by atoms with E-state index >= 15 is 0 Å². The Morgan fingerprint density at radius 1 is 1.54 bits per heavy atom. The maximum Gasteiger partial charge on any atom is 0.123 e. The Hall–Kier alpha value is 0.170. The second kappa shape index (κ2) is 5.15. The normalized spacial score (nSPS) is 31.4. The average Bonchev–Trinajstić information content (AvgIpc) is 2.75. The largest absolute Gasteiger partial charge is 0.367 e. The smallest absolute Gasteiger partial charge is 0.123 e. The standard InChI is InChI=1S/C9H17ClO3/c1-4-11-13-8(5-6(2)10)9-7(3)12-9/h6-9H,4-5H2,1-3H3. The van der Waals surface area contributed by atoms with Gasteiger partial charge in [-0.3, -0.25) is 0 Å². The minimum atomic E-state index is -0.0255. The lowest BCUT2D eigenvalue weighted by Crippen LogP contribution is -2.24. The summed E-state index contributed by atoms with van der Waals surface area (Å²) in [5, 5.41) is 0.0851. The van der Waals surface area contributed by atoms with Gasteiger partial charge in [-0.1, -0.05) is 0 Å². The Balaban J connectivity index is 2.26. The Morgan fingerprint density at radius 3 is 2.54 bits per heavy atom. The van der Waals surface area contributed by atoms with E-state index in [-0.39, 0.29) is 23.7 Å². The van der Waals surface area contributed by atoms with Gasteiger partial charge in [0.1, 0.15) is 12.2 Å². The van der Waals surface area contributed by atoms with Crippen molar-refractivity contribution in [2.75, 3.05) is 6.61 Å². The van der Waals surface area contributed by atoms with Crippen molar-refractivity contribution in [1.29, 1.82) is 0 Å². The van der Waals surface area contributed by atoms with E-state index in [4.69, 9.17) is 26.1 Å². The first-order chi connectivity index (χ1) is 6.15. The monoisotopic (exact) mass is 208 g/mol. The number of alkyl halides is 1. The Labute approximate surface area is 84.2 Å². The van der Waals surface area contributed by atoms with Gasteiger partial charge in [-0.25, -0.2) is 9.78 Å². The zero-order chi connectivity index (χ0) is 9.84. The predicted octanol–water partition coefficient (Wildman–Crippen LogP) is 2.13. The number of rotatable bonds is 6. The Kier molecular flexibility index (Phi) is 4.46. The molecule has 0 N–H and O–H groups in total. The molecule has 1 fully saturated rings. The third-order valence-corrected chi connectivity index (χ3v) is 2.17. The summed E-state index contributed by atoms with van der Waals surface area (Å²) >= 11 is 5.88. The van der Waals surface area contributed by atoms with E-state index in [1.807, 2.05) is 20.8 Å². The number of hydrogen-bond donors (Lipinski definition) is 0. The molecule has 4 atom stereocenters. The van der Waals surface area contributed by atoms with Crippen molar-refractivity contribution in [2.45, 2.75) is 50.9 Å². The molecule has 78 valence electrons. The minimum Gasteiger partial charge on any atom is -0.367 e. The first-order valence-corrected chi connectivity index (χ1v) is 5.16. The molecule has 1 rings (SSSR count). The molecule has 1 aliphatic rings. The third-order valence-electron chi connectivity index (χ3n) is 1.99. The summed E-state index contributed by atoms with van der Waals surface area (Å²) in [5.41, 5.74) is 0. The van der Waals surface area contributed by atoms with Crippen LogP contribution in [0.1, 0.15) is 27.2 Å². The van der Waals surface area contributed by atoms with Crippen molar-refractivity contribution in [3.8, 4) is 0 Å². The van der Waals surface area contributed by atoms with Gasteiger partial charge in [0.2, 0.25) is 0 Å². The molecule has 0 bridgehead atoms. The summed E-state index contributed by atoms with van der Waals surface area (Å²) in [7, 11) is 0. The quantitative estimate of drug-likeness (QED) is 0.290. The molecule has 1 heterocycles. The average molecular weight is 209 g/mol. The molecule has 0 aromatic heterocycles. The van der Waals surface area contributed by atoms with Crippen molar-refractivity contribution < 1.29 is 14.5 Å². The molecule has 0 saturated carbocycles. The van der Waals surface area contributed by atoms with Crippen LogP contribution in [0, 0.1) is 0 Å².